The highest BCUT2D eigenvalue weighted by Gasteiger charge is 2.06. The van der Waals surface area contributed by atoms with E-state index < -0.39 is 0 Å². The highest BCUT2D eigenvalue weighted by atomic mass is 35.5. The molecule has 0 radical (unpaired) electrons. The molecule has 1 rings (SSSR count). The van der Waals surface area contributed by atoms with Crippen molar-refractivity contribution in [3.63, 3.8) is 0 Å². The number of anilines is 1. The number of rotatable bonds is 3. The Hall–Kier alpha value is -1.08. The Morgan fingerprint density at radius 3 is 2.86 bits per heavy atom. The van der Waals surface area contributed by atoms with Crippen LogP contribution in [-0.4, -0.2) is 33.8 Å². The summed E-state index contributed by atoms with van der Waals surface area (Å²) in [6, 6.07) is 0. The van der Waals surface area contributed by atoms with Gasteiger partial charge in [0.1, 0.15) is 0 Å². The third-order valence-electron chi connectivity index (χ3n) is 1.15. The summed E-state index contributed by atoms with van der Waals surface area (Å²) in [5, 5.41) is 0.303. The van der Waals surface area contributed by atoms with Gasteiger partial charge in [-0.2, -0.15) is 15.0 Å². The fourth-order valence-electron chi connectivity index (χ4n) is 0.593. The van der Waals surface area contributed by atoms with Gasteiger partial charge in [0.2, 0.25) is 11.2 Å². The Bertz CT molecular complexity index is 328. The van der Waals surface area contributed by atoms with Gasteiger partial charge in [-0.1, -0.05) is 11.8 Å². The molecule has 0 unspecified atom stereocenters. The smallest absolute Gasteiger partial charge is 0.316 e. The van der Waals surface area contributed by atoms with Crippen molar-refractivity contribution in [2.45, 2.75) is 5.16 Å². The number of halogens is 1. The van der Waals surface area contributed by atoms with E-state index in [0.717, 1.165) is 11.8 Å². The molecule has 0 spiro atoms. The highest BCUT2D eigenvalue weighted by Crippen LogP contribution is 2.15. The van der Waals surface area contributed by atoms with Gasteiger partial charge in [0.25, 0.3) is 0 Å². The molecule has 0 bridgehead atoms. The van der Waals surface area contributed by atoms with E-state index >= 15 is 0 Å². The fourth-order valence-corrected chi connectivity index (χ4v) is 1.48. The average Bonchev–Trinajstić information content (AvgIpc) is 2.12. The summed E-state index contributed by atoms with van der Waals surface area (Å²) in [5.74, 6) is -0.238. The predicted octanol–water partition coefficient (Wildman–Crippen LogP) is 0.372. The minimum atomic E-state index is -0.370. The van der Waals surface area contributed by atoms with E-state index in [9.17, 15) is 4.79 Å². The molecule has 0 aliphatic rings. The standard InChI is InChI=1S/C6H7ClN4O2S/c1-13-3(12)2-14-6-10-4(7)9-5(8)11-6/h2H2,1H3,(H2,8,9,10,11). The maximum absolute atomic E-state index is 10.8. The van der Waals surface area contributed by atoms with Crippen LogP contribution in [0, 0.1) is 0 Å². The van der Waals surface area contributed by atoms with Crippen molar-refractivity contribution in [2.75, 3.05) is 18.6 Å². The number of hydrogen-bond acceptors (Lipinski definition) is 7. The Kier molecular flexibility index (Phi) is 3.90. The molecule has 8 heteroatoms. The first-order valence-corrected chi connectivity index (χ1v) is 4.85. The monoisotopic (exact) mass is 234 g/mol. The molecule has 0 saturated carbocycles. The number of hydrogen-bond donors (Lipinski definition) is 1. The lowest BCUT2D eigenvalue weighted by Crippen LogP contribution is -2.05. The van der Waals surface area contributed by atoms with Gasteiger partial charge in [0.05, 0.1) is 12.9 Å². The van der Waals surface area contributed by atoms with Crippen LogP contribution in [-0.2, 0) is 9.53 Å². The van der Waals surface area contributed by atoms with Gasteiger partial charge in [0.15, 0.2) is 5.16 Å². The van der Waals surface area contributed by atoms with Crippen LogP contribution in [0.5, 0.6) is 0 Å². The SMILES string of the molecule is COC(=O)CSc1nc(N)nc(Cl)n1. The number of carbonyl (C=O) groups is 1. The van der Waals surface area contributed by atoms with Crippen LogP contribution < -0.4 is 5.73 Å². The molecular formula is C6H7ClN4O2S. The second kappa shape index (κ2) is 4.97. The molecular weight excluding hydrogens is 228 g/mol. The molecule has 76 valence electrons. The summed E-state index contributed by atoms with van der Waals surface area (Å²) in [6.07, 6.45) is 0. The minimum Gasteiger partial charge on any atom is -0.468 e. The van der Waals surface area contributed by atoms with Crippen LogP contribution >= 0.6 is 23.4 Å². The number of ether oxygens (including phenoxy) is 1. The van der Waals surface area contributed by atoms with Crippen molar-refractivity contribution >= 4 is 35.3 Å². The zero-order chi connectivity index (χ0) is 10.6. The van der Waals surface area contributed by atoms with E-state index in [1.807, 2.05) is 0 Å². The second-order valence-electron chi connectivity index (χ2n) is 2.11. The van der Waals surface area contributed by atoms with Gasteiger partial charge in [0, 0.05) is 0 Å². The van der Waals surface area contributed by atoms with E-state index in [4.69, 9.17) is 17.3 Å². The molecule has 0 saturated heterocycles. The van der Waals surface area contributed by atoms with Crippen LogP contribution in [0.4, 0.5) is 5.95 Å². The highest BCUT2D eigenvalue weighted by molar-refractivity contribution is 7.99. The summed E-state index contributed by atoms with van der Waals surface area (Å²) in [4.78, 5) is 21.9. The summed E-state index contributed by atoms with van der Waals surface area (Å²) < 4.78 is 4.44. The lowest BCUT2D eigenvalue weighted by Gasteiger charge is -1.99. The van der Waals surface area contributed by atoms with Crippen molar-refractivity contribution < 1.29 is 9.53 Å². The third-order valence-corrected chi connectivity index (χ3v) is 2.14. The third kappa shape index (κ3) is 3.35. The molecule has 14 heavy (non-hydrogen) atoms. The lowest BCUT2D eigenvalue weighted by atomic mass is 10.8. The average molecular weight is 235 g/mol. The first-order chi connectivity index (χ1) is 6.61. The lowest BCUT2D eigenvalue weighted by molar-refractivity contribution is -0.137. The van der Waals surface area contributed by atoms with Gasteiger partial charge < -0.3 is 10.5 Å². The van der Waals surface area contributed by atoms with E-state index in [-0.39, 0.29) is 23.0 Å². The summed E-state index contributed by atoms with van der Waals surface area (Å²) in [7, 11) is 1.30. The number of carbonyl (C=O) groups excluding carboxylic acids is 1. The van der Waals surface area contributed by atoms with Crippen molar-refractivity contribution in [3.8, 4) is 0 Å². The van der Waals surface area contributed by atoms with Gasteiger partial charge >= 0.3 is 5.97 Å². The molecule has 0 fully saturated rings. The molecule has 6 nitrogen and oxygen atoms in total. The number of methoxy groups -OCH3 is 1. The van der Waals surface area contributed by atoms with E-state index in [1.54, 1.807) is 0 Å². The minimum absolute atomic E-state index is 0.00451. The van der Waals surface area contributed by atoms with Crippen LogP contribution in [0.1, 0.15) is 0 Å². The number of thioether (sulfide) groups is 1. The van der Waals surface area contributed by atoms with Gasteiger partial charge in [-0.15, -0.1) is 0 Å². The Balaban J connectivity index is 2.63. The fraction of sp³-hybridized carbons (Fsp3) is 0.333. The first-order valence-electron chi connectivity index (χ1n) is 3.48. The summed E-state index contributed by atoms with van der Waals surface area (Å²) in [5.41, 5.74) is 5.32. The molecule has 1 aromatic heterocycles. The predicted molar refractivity (Wildman–Crippen MR) is 52.0 cm³/mol. The molecule has 0 aliphatic carbocycles. The van der Waals surface area contributed by atoms with E-state index in [2.05, 4.69) is 19.7 Å². The van der Waals surface area contributed by atoms with Gasteiger partial charge in [-0.25, -0.2) is 0 Å². The molecule has 0 atom stereocenters. The largest absolute Gasteiger partial charge is 0.468 e. The van der Waals surface area contributed by atoms with Gasteiger partial charge in [-0.3, -0.25) is 4.79 Å². The molecule has 2 N–H and O–H groups in total. The van der Waals surface area contributed by atoms with Crippen molar-refractivity contribution in [2.24, 2.45) is 0 Å². The molecule has 0 amide bonds. The quantitative estimate of drug-likeness (QED) is 0.597. The topological polar surface area (TPSA) is 91.0 Å². The van der Waals surface area contributed by atoms with E-state index in [1.165, 1.54) is 7.11 Å². The summed E-state index contributed by atoms with van der Waals surface area (Å²) >= 11 is 6.61. The second-order valence-corrected chi connectivity index (χ2v) is 3.39. The number of aromatic nitrogens is 3. The Labute approximate surface area is 89.2 Å². The normalized spacial score (nSPS) is 9.86. The van der Waals surface area contributed by atoms with Crippen molar-refractivity contribution in [1.82, 2.24) is 15.0 Å². The van der Waals surface area contributed by atoms with Crippen LogP contribution in [0.3, 0.4) is 0 Å². The maximum atomic E-state index is 10.8. The number of esters is 1. The molecule has 0 aromatic carbocycles. The van der Waals surface area contributed by atoms with Gasteiger partial charge in [-0.05, 0) is 11.6 Å². The Morgan fingerprint density at radius 1 is 1.57 bits per heavy atom. The van der Waals surface area contributed by atoms with Crippen molar-refractivity contribution in [1.29, 1.82) is 0 Å². The van der Waals surface area contributed by atoms with E-state index in [0.29, 0.717) is 5.16 Å². The van der Waals surface area contributed by atoms with Crippen LogP contribution in [0.2, 0.25) is 5.28 Å². The number of nitrogens with two attached hydrogens (primary N) is 1. The van der Waals surface area contributed by atoms with Crippen LogP contribution in [0.15, 0.2) is 5.16 Å². The zero-order valence-electron chi connectivity index (χ0n) is 7.23. The molecule has 0 aliphatic heterocycles. The first kappa shape index (κ1) is 11.0. The summed E-state index contributed by atoms with van der Waals surface area (Å²) in [6.45, 7) is 0. The van der Waals surface area contributed by atoms with Crippen LogP contribution in [0.25, 0.3) is 0 Å². The molecule has 1 aromatic rings. The maximum Gasteiger partial charge on any atom is 0.316 e. The number of nitrogen functional groups attached to an aromatic ring is 1. The molecule has 1 heterocycles. The zero-order valence-corrected chi connectivity index (χ0v) is 8.80. The van der Waals surface area contributed by atoms with Crippen molar-refractivity contribution in [3.05, 3.63) is 5.28 Å². The number of nitrogens with zero attached hydrogens (tertiary/aromatic N) is 3. The Morgan fingerprint density at radius 2 is 2.29 bits per heavy atom.